The maximum atomic E-state index is 10.3. The molecule has 1 rings (SSSR count). The minimum absolute atomic E-state index is 0.176. The summed E-state index contributed by atoms with van der Waals surface area (Å²) in [5.41, 5.74) is 1.81. The van der Waals surface area contributed by atoms with E-state index in [1.807, 2.05) is 6.92 Å². The summed E-state index contributed by atoms with van der Waals surface area (Å²) < 4.78 is 0. The molecule has 0 aliphatic carbocycles. The Kier molecular flexibility index (Phi) is 3.80. The molecule has 1 nitrogen and oxygen atoms in total. The Balaban J connectivity index is 2.95. The highest BCUT2D eigenvalue weighted by Gasteiger charge is 2.22. The van der Waals surface area contributed by atoms with Crippen molar-refractivity contribution in [3.63, 3.8) is 0 Å². The summed E-state index contributed by atoms with van der Waals surface area (Å²) in [6, 6.07) is 8.35. The first-order valence-electron chi connectivity index (χ1n) is 6.11. The lowest BCUT2D eigenvalue weighted by Crippen LogP contribution is -2.21. The van der Waals surface area contributed by atoms with E-state index in [9.17, 15) is 5.11 Å². The van der Waals surface area contributed by atoms with Gasteiger partial charge in [-0.3, -0.25) is 0 Å². The molecule has 0 aromatic heterocycles. The van der Waals surface area contributed by atoms with Crippen LogP contribution in [0.3, 0.4) is 0 Å². The van der Waals surface area contributed by atoms with Crippen LogP contribution in [0.4, 0.5) is 0 Å². The molecule has 16 heavy (non-hydrogen) atoms. The standard InChI is InChI=1S/C15H24O/c1-6-11-15(5,16)13-9-7-12(8-10-13)14(2,3)4/h7-10,16H,6,11H2,1-5H3/t15-/m0/s1. The molecule has 0 spiro atoms. The molecule has 1 aromatic carbocycles. The average molecular weight is 220 g/mol. The van der Waals surface area contributed by atoms with Crippen molar-refractivity contribution in [3.05, 3.63) is 35.4 Å². The summed E-state index contributed by atoms with van der Waals surface area (Å²) >= 11 is 0. The van der Waals surface area contributed by atoms with Gasteiger partial charge in [-0.25, -0.2) is 0 Å². The van der Waals surface area contributed by atoms with E-state index in [4.69, 9.17) is 0 Å². The van der Waals surface area contributed by atoms with Crippen LogP contribution in [0.1, 0.15) is 58.6 Å². The predicted octanol–water partition coefficient (Wildman–Crippen LogP) is 3.99. The third-order valence-electron chi connectivity index (χ3n) is 3.11. The first-order valence-corrected chi connectivity index (χ1v) is 6.11. The van der Waals surface area contributed by atoms with E-state index in [-0.39, 0.29) is 5.41 Å². The topological polar surface area (TPSA) is 20.2 Å². The van der Waals surface area contributed by atoms with Gasteiger partial charge in [-0.05, 0) is 29.9 Å². The van der Waals surface area contributed by atoms with E-state index >= 15 is 0 Å². The highest BCUT2D eigenvalue weighted by Crippen LogP contribution is 2.28. The van der Waals surface area contributed by atoms with E-state index in [0.717, 1.165) is 18.4 Å². The molecule has 0 radical (unpaired) electrons. The number of aliphatic hydroxyl groups is 1. The SMILES string of the molecule is CCC[C@](C)(O)c1ccc(C(C)(C)C)cc1. The Bertz CT molecular complexity index is 327. The molecule has 1 heteroatoms. The van der Waals surface area contributed by atoms with Crippen molar-refractivity contribution in [2.45, 2.75) is 58.5 Å². The molecule has 0 aliphatic heterocycles. The molecule has 0 amide bonds. The van der Waals surface area contributed by atoms with Crippen LogP contribution in [-0.2, 0) is 11.0 Å². The highest BCUT2D eigenvalue weighted by atomic mass is 16.3. The zero-order valence-electron chi connectivity index (χ0n) is 11.2. The first kappa shape index (κ1) is 13.2. The molecule has 0 aliphatic rings. The summed E-state index contributed by atoms with van der Waals surface area (Å²) in [6.45, 7) is 10.6. The van der Waals surface area contributed by atoms with Gasteiger partial charge in [0.2, 0.25) is 0 Å². The van der Waals surface area contributed by atoms with Crippen LogP contribution in [0, 0.1) is 0 Å². The van der Waals surface area contributed by atoms with E-state index < -0.39 is 5.60 Å². The van der Waals surface area contributed by atoms with Gasteiger partial charge in [0, 0.05) is 0 Å². The Hall–Kier alpha value is -0.820. The van der Waals surface area contributed by atoms with Crippen molar-refractivity contribution in [1.82, 2.24) is 0 Å². The fourth-order valence-corrected chi connectivity index (χ4v) is 1.96. The number of hydrogen-bond donors (Lipinski definition) is 1. The van der Waals surface area contributed by atoms with Crippen LogP contribution in [0.5, 0.6) is 0 Å². The van der Waals surface area contributed by atoms with Crippen molar-refractivity contribution in [3.8, 4) is 0 Å². The second-order valence-corrected chi connectivity index (χ2v) is 5.85. The largest absolute Gasteiger partial charge is 0.385 e. The van der Waals surface area contributed by atoms with Gasteiger partial charge in [0.15, 0.2) is 0 Å². The molecule has 0 saturated carbocycles. The minimum Gasteiger partial charge on any atom is -0.385 e. The Labute approximate surface area is 99.5 Å². The van der Waals surface area contributed by atoms with Crippen LogP contribution in [-0.4, -0.2) is 5.11 Å². The second-order valence-electron chi connectivity index (χ2n) is 5.85. The molecular formula is C15H24O. The normalized spacial score (nSPS) is 15.9. The van der Waals surface area contributed by atoms with Crippen LogP contribution in [0.15, 0.2) is 24.3 Å². The minimum atomic E-state index is -0.689. The molecule has 0 unspecified atom stereocenters. The highest BCUT2D eigenvalue weighted by molar-refractivity contribution is 5.30. The molecule has 0 saturated heterocycles. The van der Waals surface area contributed by atoms with E-state index in [2.05, 4.69) is 52.0 Å². The van der Waals surface area contributed by atoms with Crippen molar-refractivity contribution < 1.29 is 5.11 Å². The van der Waals surface area contributed by atoms with Crippen LogP contribution in [0.25, 0.3) is 0 Å². The van der Waals surface area contributed by atoms with Crippen molar-refractivity contribution in [2.24, 2.45) is 0 Å². The van der Waals surface area contributed by atoms with Gasteiger partial charge in [-0.2, -0.15) is 0 Å². The fraction of sp³-hybridized carbons (Fsp3) is 0.600. The third-order valence-corrected chi connectivity index (χ3v) is 3.11. The van der Waals surface area contributed by atoms with Gasteiger partial charge in [-0.15, -0.1) is 0 Å². The average Bonchev–Trinajstić information content (AvgIpc) is 2.16. The molecule has 1 aromatic rings. The summed E-state index contributed by atoms with van der Waals surface area (Å²) in [7, 11) is 0. The molecule has 0 heterocycles. The third kappa shape index (κ3) is 3.08. The number of rotatable bonds is 3. The van der Waals surface area contributed by atoms with Crippen LogP contribution in [0.2, 0.25) is 0 Å². The fourth-order valence-electron chi connectivity index (χ4n) is 1.96. The number of hydrogen-bond acceptors (Lipinski definition) is 1. The maximum absolute atomic E-state index is 10.3. The summed E-state index contributed by atoms with van der Waals surface area (Å²) in [6.07, 6.45) is 1.80. The summed E-state index contributed by atoms with van der Waals surface area (Å²) in [5.74, 6) is 0. The lowest BCUT2D eigenvalue weighted by atomic mass is 9.84. The monoisotopic (exact) mass is 220 g/mol. The van der Waals surface area contributed by atoms with Gasteiger partial charge in [0.05, 0.1) is 5.60 Å². The van der Waals surface area contributed by atoms with Gasteiger partial charge in [-0.1, -0.05) is 58.4 Å². The molecule has 1 N–H and O–H groups in total. The first-order chi connectivity index (χ1) is 7.27. The van der Waals surface area contributed by atoms with E-state index in [1.165, 1.54) is 5.56 Å². The van der Waals surface area contributed by atoms with E-state index in [0.29, 0.717) is 0 Å². The predicted molar refractivity (Wildman–Crippen MR) is 69.6 cm³/mol. The van der Waals surface area contributed by atoms with Crippen molar-refractivity contribution >= 4 is 0 Å². The Morgan fingerprint density at radius 2 is 1.38 bits per heavy atom. The lowest BCUT2D eigenvalue weighted by Gasteiger charge is -2.25. The van der Waals surface area contributed by atoms with Crippen molar-refractivity contribution in [2.75, 3.05) is 0 Å². The van der Waals surface area contributed by atoms with E-state index in [1.54, 1.807) is 0 Å². The molecule has 0 fully saturated rings. The van der Waals surface area contributed by atoms with Crippen molar-refractivity contribution in [1.29, 1.82) is 0 Å². The number of benzene rings is 1. The van der Waals surface area contributed by atoms with Gasteiger partial charge in [0.25, 0.3) is 0 Å². The molecule has 0 bridgehead atoms. The zero-order chi connectivity index (χ0) is 12.4. The quantitative estimate of drug-likeness (QED) is 0.816. The molecule has 1 atom stereocenters. The van der Waals surface area contributed by atoms with Crippen LogP contribution >= 0.6 is 0 Å². The molecular weight excluding hydrogens is 196 g/mol. The van der Waals surface area contributed by atoms with Gasteiger partial charge < -0.3 is 5.11 Å². The maximum Gasteiger partial charge on any atom is 0.0868 e. The summed E-state index contributed by atoms with van der Waals surface area (Å²) in [5, 5.41) is 10.3. The second kappa shape index (κ2) is 4.58. The lowest BCUT2D eigenvalue weighted by molar-refractivity contribution is 0.0469. The molecule has 90 valence electrons. The summed E-state index contributed by atoms with van der Waals surface area (Å²) in [4.78, 5) is 0. The zero-order valence-corrected chi connectivity index (χ0v) is 11.2. The van der Waals surface area contributed by atoms with Gasteiger partial charge in [0.1, 0.15) is 0 Å². The van der Waals surface area contributed by atoms with Crippen LogP contribution < -0.4 is 0 Å². The Morgan fingerprint density at radius 1 is 0.938 bits per heavy atom. The smallest absolute Gasteiger partial charge is 0.0868 e. The van der Waals surface area contributed by atoms with Gasteiger partial charge >= 0.3 is 0 Å². The Morgan fingerprint density at radius 3 is 1.75 bits per heavy atom.